The predicted molar refractivity (Wildman–Crippen MR) is 519 cm³/mol. The molecule has 0 bridgehead atoms. The lowest BCUT2D eigenvalue weighted by Gasteiger charge is -2.26. The van der Waals surface area contributed by atoms with Crippen LogP contribution in [0.25, 0.3) is 166 Å². The molecule has 1 N–H and O–H groups in total. The largest absolute Gasteiger partial charge is 0.356 e. The van der Waals surface area contributed by atoms with E-state index in [1.807, 2.05) is 6.07 Å². The van der Waals surface area contributed by atoms with E-state index in [9.17, 15) is 0 Å². The second-order valence-electron chi connectivity index (χ2n) is 30.5. The molecule has 0 radical (unpaired) electrons. The van der Waals surface area contributed by atoms with Gasteiger partial charge >= 0.3 is 0 Å². The Morgan fingerprint density at radius 3 is 0.777 bits per heavy atom. The number of hydrogen-bond donors (Lipinski definition) is 1. The molecule has 0 aliphatic heterocycles. The first-order chi connectivity index (χ1) is 59.9. The molecule has 0 spiro atoms. The monoisotopic (exact) mass is 1610 g/mol. The molecular weight excluding hydrogens is 1530 g/mol. The standard InChI is InChI=1S/C58H40N2.C40H28N2.C18H13Br/c1-2-12-41(13-3-1)42-24-26-43(27-25-42)44-28-34-49(35-29-44)59(51-38-32-47(33-39-51)54-21-11-15-46-14-4-5-18-53(46)54)50-36-30-45(31-37-50)48-16-10-17-52(40-48)60-57-22-8-6-19-55(57)56-20-7-9-23-58(56)60;1-2-13-35-29(9-1)10-8-16-36(35)30-21-25-33(26-22-30)41-32-23-19-28(20-24-32)31-11-7-12-34(27-31)42-39-17-5-3-14-37(39)38-15-4-6-18-40(38)42;19-18-12-10-17(11-13-18)16-8-6-15(7-9-16)14-4-2-1-3-5-14/h1-40H;1-27,41H;1-13H. The van der Waals surface area contributed by atoms with Crippen LogP contribution in [0.4, 0.5) is 28.4 Å². The minimum absolute atomic E-state index is 1.07. The van der Waals surface area contributed by atoms with Gasteiger partial charge in [-0.15, -0.1) is 0 Å². The zero-order valence-corrected chi connectivity index (χ0v) is 68.0. The molecule has 5 heteroatoms. The van der Waals surface area contributed by atoms with Gasteiger partial charge in [0.2, 0.25) is 0 Å². The van der Waals surface area contributed by atoms with E-state index in [0.29, 0.717) is 0 Å². The molecule has 20 aromatic carbocycles. The van der Waals surface area contributed by atoms with Crippen LogP contribution in [-0.2, 0) is 0 Å². The molecule has 2 heterocycles. The van der Waals surface area contributed by atoms with Gasteiger partial charge < -0.3 is 19.4 Å². The summed E-state index contributed by atoms with van der Waals surface area (Å²) in [5, 5.41) is 13.7. The lowest BCUT2D eigenvalue weighted by molar-refractivity contribution is 1.18. The van der Waals surface area contributed by atoms with Gasteiger partial charge in [-0.1, -0.05) is 380 Å². The summed E-state index contributed by atoms with van der Waals surface area (Å²) < 4.78 is 5.86. The molecule has 0 aliphatic carbocycles. The summed E-state index contributed by atoms with van der Waals surface area (Å²) in [6, 6.07) is 174. The molecule has 2 aromatic heterocycles. The normalized spacial score (nSPS) is 11.2. The summed E-state index contributed by atoms with van der Waals surface area (Å²) in [4.78, 5) is 2.35. The molecule has 22 rings (SSSR count). The van der Waals surface area contributed by atoms with Crippen LogP contribution < -0.4 is 10.2 Å². The number of para-hydroxylation sites is 4. The van der Waals surface area contributed by atoms with Gasteiger partial charge in [-0.05, 0) is 232 Å². The number of nitrogens with one attached hydrogen (secondary N) is 1. The van der Waals surface area contributed by atoms with Crippen LogP contribution in [0.15, 0.2) is 490 Å². The molecular formula is C116H81BrN4. The summed E-state index contributed by atoms with van der Waals surface area (Å²) in [6.07, 6.45) is 0. The van der Waals surface area contributed by atoms with Crippen molar-refractivity contribution < 1.29 is 0 Å². The van der Waals surface area contributed by atoms with Gasteiger partial charge in [0.1, 0.15) is 0 Å². The highest BCUT2D eigenvalue weighted by atomic mass is 79.9. The van der Waals surface area contributed by atoms with E-state index in [1.54, 1.807) is 0 Å². The molecule has 572 valence electrons. The SMILES string of the molecule is Brc1ccc(-c2ccc(-c3ccccc3)cc2)cc1.c1cc(-c2ccc(Nc3ccc(-c4cccc5ccccc45)cc3)cc2)cc(-n2c3ccccc3c3ccccc32)c1.c1ccc(-c2ccc(-c3ccc(N(c4ccc(-c5cccc(-n6c7ccccc7c7ccccc76)c5)cc4)c4ccc(-c5cccc6ccccc56)cc4)cc3)cc2)cc1. The van der Waals surface area contributed by atoms with Crippen molar-refractivity contribution in [2.75, 3.05) is 10.2 Å². The van der Waals surface area contributed by atoms with Crippen LogP contribution in [0, 0.1) is 0 Å². The Bertz CT molecular complexity index is 7290. The van der Waals surface area contributed by atoms with E-state index < -0.39 is 0 Å². The van der Waals surface area contributed by atoms with Gasteiger partial charge in [-0.2, -0.15) is 0 Å². The number of fused-ring (bicyclic) bond motifs is 8. The van der Waals surface area contributed by atoms with Crippen LogP contribution in [0.5, 0.6) is 0 Å². The van der Waals surface area contributed by atoms with E-state index in [-0.39, 0.29) is 0 Å². The topological polar surface area (TPSA) is 25.1 Å². The summed E-state index contributed by atoms with van der Waals surface area (Å²) in [5.41, 5.74) is 32.1. The maximum Gasteiger partial charge on any atom is 0.0541 e. The molecule has 0 atom stereocenters. The Labute approximate surface area is 713 Å². The number of benzene rings is 20. The van der Waals surface area contributed by atoms with Gasteiger partial charge in [0.25, 0.3) is 0 Å². The van der Waals surface area contributed by atoms with E-state index in [4.69, 9.17) is 0 Å². The first-order valence-electron chi connectivity index (χ1n) is 41.2. The molecule has 0 fully saturated rings. The summed E-state index contributed by atoms with van der Waals surface area (Å²) in [7, 11) is 0. The van der Waals surface area contributed by atoms with Crippen molar-refractivity contribution in [2.24, 2.45) is 0 Å². The quantitative estimate of drug-likeness (QED) is 0.111. The van der Waals surface area contributed by atoms with Crippen molar-refractivity contribution in [1.82, 2.24) is 9.13 Å². The third-order valence-electron chi connectivity index (χ3n) is 23.2. The van der Waals surface area contributed by atoms with Crippen LogP contribution in [0.2, 0.25) is 0 Å². The highest BCUT2D eigenvalue weighted by molar-refractivity contribution is 9.10. The van der Waals surface area contributed by atoms with Crippen molar-refractivity contribution >= 4 is 110 Å². The molecule has 4 nitrogen and oxygen atoms in total. The fraction of sp³-hybridized carbons (Fsp3) is 0. The second kappa shape index (κ2) is 33.7. The van der Waals surface area contributed by atoms with Crippen molar-refractivity contribution in [3.8, 4) is 100 Å². The Kier molecular flexibility index (Phi) is 20.7. The van der Waals surface area contributed by atoms with Gasteiger partial charge in [0.05, 0.1) is 22.1 Å². The molecule has 0 saturated heterocycles. The van der Waals surface area contributed by atoms with Crippen LogP contribution in [-0.4, -0.2) is 9.13 Å². The van der Waals surface area contributed by atoms with Crippen molar-refractivity contribution in [3.63, 3.8) is 0 Å². The second-order valence-corrected chi connectivity index (χ2v) is 31.5. The van der Waals surface area contributed by atoms with E-state index >= 15 is 0 Å². The Morgan fingerprint density at radius 2 is 0.421 bits per heavy atom. The third-order valence-corrected chi connectivity index (χ3v) is 23.7. The van der Waals surface area contributed by atoms with Crippen LogP contribution in [0.3, 0.4) is 0 Å². The number of hydrogen-bond acceptors (Lipinski definition) is 2. The maximum absolute atomic E-state index is 3.57. The molecule has 0 amide bonds. The van der Waals surface area contributed by atoms with Crippen LogP contribution >= 0.6 is 15.9 Å². The highest BCUT2D eigenvalue weighted by Crippen LogP contribution is 2.42. The Hall–Kier alpha value is -15.4. The summed E-state index contributed by atoms with van der Waals surface area (Å²) >= 11 is 3.46. The fourth-order valence-corrected chi connectivity index (χ4v) is 17.4. The van der Waals surface area contributed by atoms with E-state index in [2.05, 4.69) is 515 Å². The van der Waals surface area contributed by atoms with Gasteiger partial charge in [-0.25, -0.2) is 0 Å². The number of anilines is 5. The minimum atomic E-state index is 1.07. The van der Waals surface area contributed by atoms with Crippen molar-refractivity contribution in [2.45, 2.75) is 0 Å². The third kappa shape index (κ3) is 15.5. The molecule has 121 heavy (non-hydrogen) atoms. The zero-order valence-electron chi connectivity index (χ0n) is 66.4. The first-order valence-corrected chi connectivity index (χ1v) is 42.0. The van der Waals surface area contributed by atoms with Gasteiger partial charge in [-0.3, -0.25) is 0 Å². The number of halogens is 1. The number of rotatable bonds is 15. The minimum Gasteiger partial charge on any atom is -0.356 e. The highest BCUT2D eigenvalue weighted by Gasteiger charge is 2.19. The van der Waals surface area contributed by atoms with Crippen molar-refractivity contribution in [3.05, 3.63) is 490 Å². The van der Waals surface area contributed by atoms with E-state index in [1.165, 1.54) is 160 Å². The van der Waals surface area contributed by atoms with Gasteiger partial charge in [0.15, 0.2) is 0 Å². The fourth-order valence-electron chi connectivity index (χ4n) is 17.1. The van der Waals surface area contributed by atoms with Crippen LogP contribution in [0.1, 0.15) is 0 Å². The molecule has 22 aromatic rings. The Balaban J connectivity index is 0.000000132. The molecule has 0 saturated carbocycles. The Morgan fingerprint density at radius 1 is 0.182 bits per heavy atom. The smallest absolute Gasteiger partial charge is 0.0541 e. The molecule has 0 unspecified atom stereocenters. The predicted octanol–water partition coefficient (Wildman–Crippen LogP) is 32.9. The van der Waals surface area contributed by atoms with Crippen molar-refractivity contribution in [1.29, 1.82) is 0 Å². The zero-order chi connectivity index (χ0) is 80.8. The van der Waals surface area contributed by atoms with Gasteiger partial charge in [0, 0.05) is 65.8 Å². The first kappa shape index (κ1) is 74.4. The number of aromatic nitrogens is 2. The maximum atomic E-state index is 3.57. The summed E-state index contributed by atoms with van der Waals surface area (Å²) in [5.74, 6) is 0. The number of nitrogens with zero attached hydrogens (tertiary/aromatic N) is 3. The van der Waals surface area contributed by atoms with E-state index in [0.717, 1.165) is 38.6 Å². The lowest BCUT2D eigenvalue weighted by Crippen LogP contribution is -2.09. The average molecular weight is 1610 g/mol. The average Bonchev–Trinajstić information content (AvgIpc) is 1.61. The molecule has 0 aliphatic rings. The summed E-state index contributed by atoms with van der Waals surface area (Å²) in [6.45, 7) is 0. The lowest BCUT2D eigenvalue weighted by atomic mass is 9.98.